The molecule has 4 aromatic rings. The third-order valence-corrected chi connectivity index (χ3v) is 7.63. The highest BCUT2D eigenvalue weighted by atomic mass is 35.5. The number of aromatic nitrogens is 1. The number of amides is 1. The lowest BCUT2D eigenvalue weighted by molar-refractivity contribution is -0.117. The zero-order valence-corrected chi connectivity index (χ0v) is 24.3. The number of halogens is 1. The lowest BCUT2D eigenvalue weighted by atomic mass is 10.0. The van der Waals surface area contributed by atoms with Crippen molar-refractivity contribution in [2.75, 3.05) is 56.1 Å². The Hall–Kier alpha value is -3.90. The predicted octanol–water partition coefficient (Wildman–Crippen LogP) is 4.25. The van der Waals surface area contributed by atoms with Crippen molar-refractivity contribution in [3.05, 3.63) is 82.9 Å². The summed E-state index contributed by atoms with van der Waals surface area (Å²) in [4.78, 5) is 24.9. The third-order valence-electron chi connectivity index (χ3n) is 6.80. The molecule has 12 heteroatoms. The molecular formula is C29H31ClN6O4S. The van der Waals surface area contributed by atoms with Crippen molar-refractivity contribution >= 4 is 61.2 Å². The lowest BCUT2D eigenvalue weighted by Gasteiger charge is -2.31. The quantitative estimate of drug-likeness (QED) is 0.226. The number of aromatic hydroxyl groups is 1. The van der Waals surface area contributed by atoms with Gasteiger partial charge < -0.3 is 20.3 Å². The van der Waals surface area contributed by atoms with Crippen molar-refractivity contribution < 1.29 is 18.3 Å². The molecule has 5 rings (SSSR count). The Bertz CT molecular complexity index is 1710. The van der Waals surface area contributed by atoms with Crippen LogP contribution in [0.2, 0.25) is 5.02 Å². The molecule has 1 fully saturated rings. The number of carbonyl (C=O) groups excluding carboxylic acids is 1. The number of sulfonamides is 1. The number of nitrogens with one attached hydrogen (secondary N) is 3. The van der Waals surface area contributed by atoms with Crippen LogP contribution in [-0.4, -0.2) is 86.0 Å². The average molecular weight is 595 g/mol. The van der Waals surface area contributed by atoms with Gasteiger partial charge in [0.2, 0.25) is 15.9 Å². The first-order valence-corrected chi connectivity index (χ1v) is 15.3. The molecule has 1 aliphatic heterocycles. The number of aliphatic imine (C=N–C) groups is 1. The third kappa shape index (κ3) is 7.06. The van der Waals surface area contributed by atoms with E-state index in [1.807, 2.05) is 37.4 Å². The molecule has 3 aromatic carbocycles. The predicted molar refractivity (Wildman–Crippen MR) is 164 cm³/mol. The van der Waals surface area contributed by atoms with Gasteiger partial charge in [0, 0.05) is 42.2 Å². The molecule has 0 bridgehead atoms. The number of fused-ring (bicyclic) bond motifs is 1. The molecular weight excluding hydrogens is 564 g/mol. The molecule has 0 aliphatic carbocycles. The molecule has 41 heavy (non-hydrogen) atoms. The minimum Gasteiger partial charge on any atom is -0.494 e. The first kappa shape index (κ1) is 28.6. The Balaban J connectivity index is 1.53. The van der Waals surface area contributed by atoms with Crippen LogP contribution in [0.5, 0.6) is 5.88 Å². The summed E-state index contributed by atoms with van der Waals surface area (Å²) in [6.45, 7) is 3.52. The van der Waals surface area contributed by atoms with Crippen LogP contribution in [0, 0.1) is 0 Å². The molecule has 1 amide bonds. The molecule has 10 nitrogen and oxygen atoms in total. The van der Waals surface area contributed by atoms with Crippen LogP contribution >= 0.6 is 11.6 Å². The van der Waals surface area contributed by atoms with Crippen molar-refractivity contribution in [2.24, 2.45) is 4.99 Å². The van der Waals surface area contributed by atoms with Gasteiger partial charge in [-0.2, -0.15) is 0 Å². The van der Waals surface area contributed by atoms with E-state index in [-0.39, 0.29) is 24.0 Å². The van der Waals surface area contributed by atoms with E-state index in [9.17, 15) is 18.3 Å². The van der Waals surface area contributed by atoms with Crippen molar-refractivity contribution in [3.63, 3.8) is 0 Å². The van der Waals surface area contributed by atoms with Crippen LogP contribution in [0.1, 0.15) is 11.1 Å². The Morgan fingerprint density at radius 3 is 2.46 bits per heavy atom. The van der Waals surface area contributed by atoms with Gasteiger partial charge in [-0.3, -0.25) is 14.4 Å². The van der Waals surface area contributed by atoms with Crippen LogP contribution in [-0.2, 0) is 14.8 Å². The average Bonchev–Trinajstić information content (AvgIpc) is 3.24. The maximum atomic E-state index is 12.9. The molecule has 0 unspecified atom stereocenters. The highest BCUT2D eigenvalue weighted by Crippen LogP contribution is 2.34. The van der Waals surface area contributed by atoms with E-state index >= 15 is 0 Å². The molecule has 1 aliphatic rings. The number of hydrogen-bond donors (Lipinski definition) is 4. The van der Waals surface area contributed by atoms with Crippen molar-refractivity contribution in [3.8, 4) is 5.88 Å². The number of aromatic amines is 1. The van der Waals surface area contributed by atoms with Gasteiger partial charge in [-0.15, -0.1) is 0 Å². The number of likely N-dealkylation sites (N-methyl/N-ethyl adjacent to an activating group) is 1. The normalized spacial score (nSPS) is 15.2. The van der Waals surface area contributed by atoms with E-state index in [0.29, 0.717) is 33.2 Å². The number of benzene rings is 3. The summed E-state index contributed by atoms with van der Waals surface area (Å²) < 4.78 is 27.0. The largest absolute Gasteiger partial charge is 0.494 e. The van der Waals surface area contributed by atoms with Gasteiger partial charge in [0.15, 0.2) is 5.88 Å². The van der Waals surface area contributed by atoms with E-state index < -0.39 is 10.0 Å². The van der Waals surface area contributed by atoms with Gasteiger partial charge in [-0.1, -0.05) is 48.0 Å². The van der Waals surface area contributed by atoms with E-state index in [4.69, 9.17) is 16.6 Å². The standard InChI is InChI=1S/C29H31ClN6O4S/c1-35-12-14-36(15-13-35)18-26(37)32-23-11-9-21(17-25(23)34-41(2,39)40)31-28(19-6-4-3-5-7-19)27-22-10-8-20(30)16-24(22)33-29(27)38/h3-11,16-17,33-34,38H,12-15,18H2,1-2H3,(H,32,37). The zero-order chi connectivity index (χ0) is 29.1. The first-order valence-electron chi connectivity index (χ1n) is 13.0. The monoisotopic (exact) mass is 594 g/mol. The molecule has 0 saturated carbocycles. The number of H-pyrrole nitrogens is 1. The molecule has 2 heterocycles. The zero-order valence-electron chi connectivity index (χ0n) is 22.7. The van der Waals surface area contributed by atoms with Gasteiger partial charge in [-0.05, 0) is 37.4 Å². The Morgan fingerprint density at radius 1 is 1.02 bits per heavy atom. The Kier molecular flexibility index (Phi) is 8.32. The van der Waals surface area contributed by atoms with E-state index in [1.54, 1.807) is 36.4 Å². The fraction of sp³-hybridized carbons (Fsp3) is 0.241. The highest BCUT2D eigenvalue weighted by molar-refractivity contribution is 7.92. The van der Waals surface area contributed by atoms with Crippen molar-refractivity contribution in [2.45, 2.75) is 0 Å². The van der Waals surface area contributed by atoms with Crippen molar-refractivity contribution in [1.29, 1.82) is 0 Å². The van der Waals surface area contributed by atoms with E-state index in [2.05, 4.69) is 24.8 Å². The van der Waals surface area contributed by atoms with Gasteiger partial charge in [-0.25, -0.2) is 13.4 Å². The van der Waals surface area contributed by atoms with Gasteiger partial charge >= 0.3 is 0 Å². The Morgan fingerprint density at radius 2 is 1.76 bits per heavy atom. The molecule has 214 valence electrons. The minimum atomic E-state index is -3.67. The number of hydrogen-bond acceptors (Lipinski definition) is 7. The fourth-order valence-electron chi connectivity index (χ4n) is 4.78. The molecule has 1 aromatic heterocycles. The van der Waals surface area contributed by atoms with Crippen LogP contribution < -0.4 is 10.0 Å². The van der Waals surface area contributed by atoms with Crippen LogP contribution in [0.3, 0.4) is 0 Å². The Labute approximate surface area is 243 Å². The second kappa shape index (κ2) is 11.9. The summed E-state index contributed by atoms with van der Waals surface area (Å²) in [7, 11) is -1.63. The van der Waals surface area contributed by atoms with Crippen LogP contribution in [0.25, 0.3) is 10.9 Å². The van der Waals surface area contributed by atoms with Crippen LogP contribution in [0.15, 0.2) is 71.7 Å². The maximum Gasteiger partial charge on any atom is 0.238 e. The molecule has 0 radical (unpaired) electrons. The van der Waals surface area contributed by atoms with Crippen molar-refractivity contribution in [1.82, 2.24) is 14.8 Å². The van der Waals surface area contributed by atoms with Crippen LogP contribution in [0.4, 0.5) is 17.1 Å². The lowest BCUT2D eigenvalue weighted by Crippen LogP contribution is -2.47. The van der Waals surface area contributed by atoms with E-state index in [1.165, 1.54) is 0 Å². The second-order valence-corrected chi connectivity index (χ2v) is 12.3. The van der Waals surface area contributed by atoms with Gasteiger partial charge in [0.05, 0.1) is 46.7 Å². The smallest absolute Gasteiger partial charge is 0.238 e. The topological polar surface area (TPSA) is 130 Å². The summed E-state index contributed by atoms with van der Waals surface area (Å²) in [6, 6.07) is 19.5. The van der Waals surface area contributed by atoms with Gasteiger partial charge in [0.1, 0.15) is 0 Å². The molecule has 4 N–H and O–H groups in total. The maximum absolute atomic E-state index is 12.9. The molecule has 0 atom stereocenters. The summed E-state index contributed by atoms with van der Waals surface area (Å²) in [5, 5.41) is 15.0. The molecule has 1 saturated heterocycles. The number of nitrogens with zero attached hydrogens (tertiary/aromatic N) is 3. The number of carbonyl (C=O) groups is 1. The SMILES string of the molecule is CN1CCN(CC(=O)Nc2ccc(N=C(c3ccccc3)c3c(O)[nH]c4cc(Cl)ccc34)cc2NS(C)(=O)=O)CC1. The van der Waals surface area contributed by atoms with Gasteiger partial charge in [0.25, 0.3) is 0 Å². The highest BCUT2D eigenvalue weighted by Gasteiger charge is 2.21. The number of rotatable bonds is 8. The minimum absolute atomic E-state index is 0.0767. The second-order valence-electron chi connectivity index (χ2n) is 10.1. The number of piperazine rings is 1. The summed E-state index contributed by atoms with van der Waals surface area (Å²) in [5.74, 6) is -0.318. The fourth-order valence-corrected chi connectivity index (χ4v) is 5.52. The number of anilines is 2. The summed E-state index contributed by atoms with van der Waals surface area (Å²) in [6.07, 6.45) is 1.04. The first-order chi connectivity index (χ1) is 19.6. The molecule has 0 spiro atoms. The summed E-state index contributed by atoms with van der Waals surface area (Å²) >= 11 is 6.17. The van der Waals surface area contributed by atoms with E-state index in [0.717, 1.165) is 43.4 Å². The summed E-state index contributed by atoms with van der Waals surface area (Å²) in [5.41, 5.74) is 3.24.